The van der Waals surface area contributed by atoms with Crippen LogP contribution in [0.2, 0.25) is 0 Å². The van der Waals surface area contributed by atoms with Gasteiger partial charge >= 0.3 is 0 Å². The lowest BCUT2D eigenvalue weighted by Crippen LogP contribution is -2.35. The zero-order valence-corrected chi connectivity index (χ0v) is 11.0. The topological polar surface area (TPSA) is 35.8 Å². The molecule has 0 amide bonds. The predicted molar refractivity (Wildman–Crippen MR) is 69.3 cm³/mol. The Morgan fingerprint density at radius 3 is 2.75 bits per heavy atom. The second-order valence-electron chi connectivity index (χ2n) is 4.56. The van der Waals surface area contributed by atoms with E-state index < -0.39 is 0 Å². The maximum Gasteiger partial charge on any atom is 0.0746 e. The van der Waals surface area contributed by atoms with Crippen molar-refractivity contribution in [3.8, 4) is 6.07 Å². The fourth-order valence-corrected chi connectivity index (χ4v) is 2.20. The average molecular weight is 279 g/mol. The van der Waals surface area contributed by atoms with E-state index >= 15 is 0 Å². The van der Waals surface area contributed by atoms with Crippen LogP contribution in [0.25, 0.3) is 0 Å². The van der Waals surface area contributed by atoms with Crippen LogP contribution in [0.1, 0.15) is 24.8 Å². The first-order chi connectivity index (χ1) is 7.65. The van der Waals surface area contributed by atoms with Crippen LogP contribution in [-0.2, 0) is 0 Å². The Balaban J connectivity index is 2.00. The molecule has 0 spiro atoms. The number of rotatable bonds is 3. The summed E-state index contributed by atoms with van der Waals surface area (Å²) in [5.41, 5.74) is 2.20. The van der Waals surface area contributed by atoms with Crippen LogP contribution in [0.3, 0.4) is 0 Å². The molecule has 3 heteroatoms. The normalized spacial score (nSPS) is 17.3. The number of hydrogen-bond donors (Lipinski definition) is 1. The largest absolute Gasteiger partial charge is 0.383 e. The molecule has 0 atom stereocenters. The fourth-order valence-electron chi connectivity index (χ4n) is 1.96. The van der Waals surface area contributed by atoms with Gasteiger partial charge in [0.25, 0.3) is 0 Å². The second-order valence-corrected chi connectivity index (χ2v) is 5.42. The van der Waals surface area contributed by atoms with Gasteiger partial charge in [-0.1, -0.05) is 22.4 Å². The highest BCUT2D eigenvalue weighted by molar-refractivity contribution is 9.10. The Bertz CT molecular complexity index is 430. The molecule has 16 heavy (non-hydrogen) atoms. The quantitative estimate of drug-likeness (QED) is 0.911. The van der Waals surface area contributed by atoms with Gasteiger partial charge in [-0.15, -0.1) is 0 Å². The van der Waals surface area contributed by atoms with Gasteiger partial charge in [0.2, 0.25) is 0 Å². The number of anilines is 1. The summed E-state index contributed by atoms with van der Waals surface area (Å²) in [6, 6.07) is 8.63. The van der Waals surface area contributed by atoms with Crippen LogP contribution in [0.5, 0.6) is 0 Å². The van der Waals surface area contributed by atoms with E-state index in [9.17, 15) is 0 Å². The highest BCUT2D eigenvalue weighted by atomic mass is 79.9. The minimum atomic E-state index is -0.110. The summed E-state index contributed by atoms with van der Waals surface area (Å²) in [5, 5.41) is 12.5. The van der Waals surface area contributed by atoms with Gasteiger partial charge < -0.3 is 5.32 Å². The highest BCUT2D eigenvalue weighted by Gasteiger charge is 2.36. The number of nitriles is 1. The molecule has 1 aromatic carbocycles. The van der Waals surface area contributed by atoms with Crippen molar-refractivity contribution in [3.05, 3.63) is 28.2 Å². The van der Waals surface area contributed by atoms with Crippen LogP contribution >= 0.6 is 15.9 Å². The Labute approximate surface area is 105 Å². The summed E-state index contributed by atoms with van der Waals surface area (Å²) in [6.45, 7) is 2.84. The molecule has 0 bridgehead atoms. The molecular weight excluding hydrogens is 264 g/mol. The predicted octanol–water partition coefficient (Wildman–Crippen LogP) is 3.86. The van der Waals surface area contributed by atoms with Crippen molar-refractivity contribution in [2.45, 2.75) is 26.2 Å². The van der Waals surface area contributed by atoms with Crippen molar-refractivity contribution in [2.24, 2.45) is 5.41 Å². The Hall–Kier alpha value is -1.01. The highest BCUT2D eigenvalue weighted by Crippen LogP contribution is 2.40. The first kappa shape index (κ1) is 11.5. The van der Waals surface area contributed by atoms with Gasteiger partial charge in [-0.25, -0.2) is 0 Å². The molecule has 1 aliphatic carbocycles. The third kappa shape index (κ3) is 2.22. The number of nitrogens with one attached hydrogen (secondary N) is 1. The zero-order valence-electron chi connectivity index (χ0n) is 9.39. The van der Waals surface area contributed by atoms with Gasteiger partial charge in [-0.2, -0.15) is 5.26 Å². The number of halogens is 1. The van der Waals surface area contributed by atoms with E-state index in [1.165, 1.54) is 12.0 Å². The molecule has 0 radical (unpaired) electrons. The standard InChI is InChI=1S/C13H15BrN2/c1-10-7-11(3-4-12(10)14)16-9-13(8-15)5-2-6-13/h3-4,7,16H,2,5-6,9H2,1H3. The van der Waals surface area contributed by atoms with E-state index in [1.54, 1.807) is 0 Å². The van der Waals surface area contributed by atoms with Crippen LogP contribution in [0, 0.1) is 23.7 Å². The average Bonchev–Trinajstić information content (AvgIpc) is 2.22. The van der Waals surface area contributed by atoms with Gasteiger partial charge in [0.1, 0.15) is 0 Å². The van der Waals surface area contributed by atoms with E-state index in [0.717, 1.165) is 29.5 Å². The summed E-state index contributed by atoms with van der Waals surface area (Å²) in [4.78, 5) is 0. The van der Waals surface area contributed by atoms with Crippen LogP contribution in [0.4, 0.5) is 5.69 Å². The van der Waals surface area contributed by atoms with Crippen LogP contribution in [0.15, 0.2) is 22.7 Å². The smallest absolute Gasteiger partial charge is 0.0746 e. The minimum Gasteiger partial charge on any atom is -0.383 e. The monoisotopic (exact) mass is 278 g/mol. The zero-order chi connectivity index (χ0) is 11.6. The molecule has 84 valence electrons. The third-order valence-corrected chi connectivity index (χ3v) is 4.23. The van der Waals surface area contributed by atoms with E-state index in [-0.39, 0.29) is 5.41 Å². The summed E-state index contributed by atoms with van der Waals surface area (Å²) in [7, 11) is 0. The SMILES string of the molecule is Cc1cc(NCC2(C#N)CCC2)ccc1Br. The van der Waals surface area contributed by atoms with Crippen molar-refractivity contribution in [1.29, 1.82) is 5.26 Å². The maximum atomic E-state index is 9.12. The van der Waals surface area contributed by atoms with Gasteiger partial charge in [0, 0.05) is 16.7 Å². The number of aryl methyl sites for hydroxylation is 1. The lowest BCUT2D eigenvalue weighted by Gasteiger charge is -2.35. The Kier molecular flexibility index (Phi) is 3.20. The third-order valence-electron chi connectivity index (χ3n) is 3.34. The van der Waals surface area contributed by atoms with Gasteiger partial charge in [-0.05, 0) is 43.5 Å². The molecule has 1 fully saturated rings. The molecule has 0 unspecified atom stereocenters. The molecule has 1 N–H and O–H groups in total. The minimum absolute atomic E-state index is 0.110. The molecule has 0 aromatic heterocycles. The fraction of sp³-hybridized carbons (Fsp3) is 0.462. The van der Waals surface area contributed by atoms with Crippen LogP contribution < -0.4 is 5.32 Å². The molecule has 1 saturated carbocycles. The molecular formula is C13H15BrN2. The van der Waals surface area contributed by atoms with Crippen molar-refractivity contribution < 1.29 is 0 Å². The Morgan fingerprint density at radius 1 is 1.50 bits per heavy atom. The molecule has 0 heterocycles. The maximum absolute atomic E-state index is 9.12. The molecule has 1 aromatic rings. The van der Waals surface area contributed by atoms with Gasteiger partial charge in [0.15, 0.2) is 0 Å². The van der Waals surface area contributed by atoms with Gasteiger partial charge in [-0.3, -0.25) is 0 Å². The summed E-state index contributed by atoms with van der Waals surface area (Å²) in [5.74, 6) is 0. The number of benzene rings is 1. The summed E-state index contributed by atoms with van der Waals surface area (Å²) < 4.78 is 1.12. The van der Waals surface area contributed by atoms with Crippen molar-refractivity contribution in [3.63, 3.8) is 0 Å². The lowest BCUT2D eigenvalue weighted by atomic mass is 9.70. The lowest BCUT2D eigenvalue weighted by molar-refractivity contribution is 0.233. The number of nitrogens with zero attached hydrogens (tertiary/aromatic N) is 1. The first-order valence-electron chi connectivity index (χ1n) is 5.56. The molecule has 2 rings (SSSR count). The van der Waals surface area contributed by atoms with Crippen molar-refractivity contribution in [1.82, 2.24) is 0 Å². The summed E-state index contributed by atoms with van der Waals surface area (Å²) >= 11 is 3.48. The molecule has 0 aliphatic heterocycles. The van der Waals surface area contributed by atoms with E-state index in [2.05, 4.69) is 40.3 Å². The van der Waals surface area contributed by atoms with Gasteiger partial charge in [0.05, 0.1) is 11.5 Å². The Morgan fingerprint density at radius 2 is 2.25 bits per heavy atom. The van der Waals surface area contributed by atoms with Crippen molar-refractivity contribution >= 4 is 21.6 Å². The van der Waals surface area contributed by atoms with Crippen molar-refractivity contribution in [2.75, 3.05) is 11.9 Å². The van der Waals surface area contributed by atoms with E-state index in [0.29, 0.717) is 0 Å². The number of hydrogen-bond acceptors (Lipinski definition) is 2. The van der Waals surface area contributed by atoms with E-state index in [1.807, 2.05) is 12.1 Å². The molecule has 0 saturated heterocycles. The molecule has 1 aliphatic rings. The first-order valence-corrected chi connectivity index (χ1v) is 6.36. The second kappa shape index (κ2) is 4.47. The molecule has 2 nitrogen and oxygen atoms in total. The van der Waals surface area contributed by atoms with E-state index in [4.69, 9.17) is 5.26 Å². The van der Waals surface area contributed by atoms with Crippen LogP contribution in [-0.4, -0.2) is 6.54 Å². The summed E-state index contributed by atoms with van der Waals surface area (Å²) in [6.07, 6.45) is 3.26.